The zero-order valence-electron chi connectivity index (χ0n) is 7.63. The van der Waals surface area contributed by atoms with Crippen LogP contribution in [0.15, 0.2) is 12.1 Å². The monoisotopic (exact) mass is 176 g/mol. The van der Waals surface area contributed by atoms with Crippen molar-refractivity contribution in [3.8, 4) is 0 Å². The van der Waals surface area contributed by atoms with Crippen LogP contribution in [0.1, 0.15) is 28.7 Å². The molecular formula is C10H12N2O. The third kappa shape index (κ3) is 1.60. The molecule has 3 nitrogen and oxygen atoms in total. The maximum Gasteiger partial charge on any atom is 0.178 e. The van der Waals surface area contributed by atoms with Crippen LogP contribution in [0.5, 0.6) is 0 Å². The van der Waals surface area contributed by atoms with Crippen molar-refractivity contribution in [1.82, 2.24) is 10.3 Å². The van der Waals surface area contributed by atoms with Crippen LogP contribution in [0.3, 0.4) is 0 Å². The van der Waals surface area contributed by atoms with E-state index in [9.17, 15) is 4.79 Å². The molecule has 1 N–H and O–H groups in total. The van der Waals surface area contributed by atoms with E-state index in [1.807, 2.05) is 6.07 Å². The fourth-order valence-corrected chi connectivity index (χ4v) is 1.53. The van der Waals surface area contributed by atoms with E-state index in [4.69, 9.17) is 0 Å². The first kappa shape index (κ1) is 8.38. The lowest BCUT2D eigenvalue weighted by Gasteiger charge is -2.15. The first-order valence-corrected chi connectivity index (χ1v) is 4.48. The highest BCUT2D eigenvalue weighted by Gasteiger charge is 2.11. The van der Waals surface area contributed by atoms with Gasteiger partial charge in [-0.05, 0) is 11.6 Å². The largest absolute Gasteiger partial charge is 0.312 e. The summed E-state index contributed by atoms with van der Waals surface area (Å²) < 4.78 is 0. The van der Waals surface area contributed by atoms with Gasteiger partial charge in [-0.1, -0.05) is 6.07 Å². The summed E-state index contributed by atoms with van der Waals surface area (Å²) in [5, 5.41) is 3.26. The zero-order valence-corrected chi connectivity index (χ0v) is 7.63. The van der Waals surface area contributed by atoms with Gasteiger partial charge in [-0.15, -0.1) is 0 Å². The number of nitrogens with zero attached hydrogens (tertiary/aromatic N) is 1. The summed E-state index contributed by atoms with van der Waals surface area (Å²) in [6, 6.07) is 3.79. The molecule has 0 unspecified atom stereocenters. The molecule has 0 aliphatic carbocycles. The average Bonchev–Trinajstić information content (AvgIpc) is 2.17. The Kier molecular flexibility index (Phi) is 2.10. The van der Waals surface area contributed by atoms with Gasteiger partial charge in [0, 0.05) is 32.1 Å². The quantitative estimate of drug-likeness (QED) is 0.647. The molecule has 2 rings (SSSR count). The summed E-state index contributed by atoms with van der Waals surface area (Å²) in [7, 11) is 0. The molecule has 1 aromatic rings. The van der Waals surface area contributed by atoms with Gasteiger partial charge in [0.2, 0.25) is 0 Å². The second-order valence-electron chi connectivity index (χ2n) is 3.29. The number of carbonyl (C=O) groups is 1. The second-order valence-corrected chi connectivity index (χ2v) is 3.29. The molecule has 0 amide bonds. The molecule has 0 bridgehead atoms. The number of aromatic nitrogens is 1. The van der Waals surface area contributed by atoms with Crippen LogP contribution in [0.4, 0.5) is 0 Å². The molecule has 68 valence electrons. The first-order valence-electron chi connectivity index (χ1n) is 4.48. The summed E-state index contributed by atoms with van der Waals surface area (Å²) in [6.45, 7) is 3.39. The Hall–Kier alpha value is -1.22. The minimum Gasteiger partial charge on any atom is -0.312 e. The number of ketones is 1. The van der Waals surface area contributed by atoms with Crippen molar-refractivity contribution in [2.45, 2.75) is 19.9 Å². The van der Waals surface area contributed by atoms with Crippen LogP contribution in [0.2, 0.25) is 0 Å². The maximum atomic E-state index is 11.1. The third-order valence-corrected chi connectivity index (χ3v) is 2.28. The lowest BCUT2D eigenvalue weighted by atomic mass is 10.1. The predicted molar refractivity (Wildman–Crippen MR) is 49.7 cm³/mol. The molecule has 0 saturated heterocycles. The van der Waals surface area contributed by atoms with E-state index >= 15 is 0 Å². The van der Waals surface area contributed by atoms with Gasteiger partial charge in [-0.2, -0.15) is 0 Å². The Morgan fingerprint density at radius 2 is 2.38 bits per heavy atom. The minimum atomic E-state index is 0.0429. The highest BCUT2D eigenvalue weighted by molar-refractivity contribution is 5.92. The fraction of sp³-hybridized carbons (Fsp3) is 0.400. The van der Waals surface area contributed by atoms with Crippen molar-refractivity contribution in [3.63, 3.8) is 0 Å². The number of fused-ring (bicyclic) bond motifs is 1. The molecule has 1 aliphatic heterocycles. The normalized spacial score (nSPS) is 15.2. The van der Waals surface area contributed by atoms with E-state index in [0.717, 1.165) is 25.2 Å². The topological polar surface area (TPSA) is 42.0 Å². The van der Waals surface area contributed by atoms with Gasteiger partial charge in [-0.3, -0.25) is 4.79 Å². The van der Waals surface area contributed by atoms with E-state index < -0.39 is 0 Å². The Labute approximate surface area is 77.2 Å². The number of nitrogens with one attached hydrogen (secondary N) is 1. The van der Waals surface area contributed by atoms with Gasteiger partial charge < -0.3 is 5.32 Å². The number of rotatable bonds is 1. The number of carbonyl (C=O) groups excluding carboxylic acids is 1. The molecule has 2 heterocycles. The van der Waals surface area contributed by atoms with Gasteiger partial charge in [0.25, 0.3) is 0 Å². The minimum absolute atomic E-state index is 0.0429. The maximum absolute atomic E-state index is 11.1. The van der Waals surface area contributed by atoms with Crippen molar-refractivity contribution in [1.29, 1.82) is 0 Å². The van der Waals surface area contributed by atoms with Gasteiger partial charge >= 0.3 is 0 Å². The van der Waals surface area contributed by atoms with E-state index in [2.05, 4.69) is 10.3 Å². The molecule has 1 aliphatic rings. The molecule has 13 heavy (non-hydrogen) atoms. The average molecular weight is 176 g/mol. The van der Waals surface area contributed by atoms with Crippen molar-refractivity contribution in [3.05, 3.63) is 29.1 Å². The second kappa shape index (κ2) is 3.26. The Balaban J connectivity index is 2.40. The molecule has 0 saturated carbocycles. The van der Waals surface area contributed by atoms with Crippen molar-refractivity contribution in [2.75, 3.05) is 6.54 Å². The molecule has 0 spiro atoms. The summed E-state index contributed by atoms with van der Waals surface area (Å²) in [6.07, 6.45) is 0.927. The predicted octanol–water partition coefficient (Wildman–Crippen LogP) is 0.930. The SMILES string of the molecule is CC(=O)c1ccc2c(n1)CCNC2. The molecule has 0 fully saturated rings. The smallest absolute Gasteiger partial charge is 0.178 e. The molecule has 3 heteroatoms. The van der Waals surface area contributed by atoms with Gasteiger partial charge in [0.05, 0.1) is 0 Å². The number of hydrogen-bond donors (Lipinski definition) is 1. The van der Waals surface area contributed by atoms with Crippen LogP contribution >= 0.6 is 0 Å². The summed E-state index contributed by atoms with van der Waals surface area (Å²) in [4.78, 5) is 15.4. The Morgan fingerprint density at radius 1 is 1.54 bits per heavy atom. The Morgan fingerprint density at radius 3 is 3.15 bits per heavy atom. The number of hydrogen-bond acceptors (Lipinski definition) is 3. The van der Waals surface area contributed by atoms with Crippen LogP contribution < -0.4 is 5.32 Å². The van der Waals surface area contributed by atoms with E-state index in [1.54, 1.807) is 13.0 Å². The van der Waals surface area contributed by atoms with E-state index in [1.165, 1.54) is 5.56 Å². The van der Waals surface area contributed by atoms with Crippen LogP contribution in [0, 0.1) is 0 Å². The summed E-state index contributed by atoms with van der Waals surface area (Å²) in [5.74, 6) is 0.0429. The fourth-order valence-electron chi connectivity index (χ4n) is 1.53. The van der Waals surface area contributed by atoms with Gasteiger partial charge in [0.1, 0.15) is 5.69 Å². The summed E-state index contributed by atoms with van der Waals surface area (Å²) >= 11 is 0. The Bertz CT molecular complexity index is 347. The third-order valence-electron chi connectivity index (χ3n) is 2.28. The zero-order chi connectivity index (χ0) is 9.26. The van der Waals surface area contributed by atoms with Crippen LogP contribution in [0.25, 0.3) is 0 Å². The summed E-state index contributed by atoms with van der Waals surface area (Å²) in [5.41, 5.74) is 2.88. The van der Waals surface area contributed by atoms with Gasteiger partial charge in [-0.25, -0.2) is 4.98 Å². The highest BCUT2D eigenvalue weighted by Crippen LogP contribution is 2.12. The van der Waals surface area contributed by atoms with E-state index in [0.29, 0.717) is 5.69 Å². The molecular weight excluding hydrogens is 164 g/mol. The number of pyridine rings is 1. The molecule has 0 aromatic carbocycles. The first-order chi connectivity index (χ1) is 6.27. The lowest BCUT2D eigenvalue weighted by Crippen LogP contribution is -2.25. The van der Waals surface area contributed by atoms with Gasteiger partial charge in [0.15, 0.2) is 5.78 Å². The molecule has 0 atom stereocenters. The van der Waals surface area contributed by atoms with Crippen LogP contribution in [-0.4, -0.2) is 17.3 Å². The van der Waals surface area contributed by atoms with Crippen molar-refractivity contribution >= 4 is 5.78 Å². The standard InChI is InChI=1S/C10H12N2O/c1-7(13)9-3-2-8-6-11-5-4-10(8)12-9/h2-3,11H,4-6H2,1H3. The van der Waals surface area contributed by atoms with Crippen molar-refractivity contribution < 1.29 is 4.79 Å². The van der Waals surface area contributed by atoms with Crippen LogP contribution in [-0.2, 0) is 13.0 Å². The molecule has 0 radical (unpaired) electrons. The van der Waals surface area contributed by atoms with E-state index in [-0.39, 0.29) is 5.78 Å². The highest BCUT2D eigenvalue weighted by atomic mass is 16.1. The van der Waals surface area contributed by atoms with Crippen molar-refractivity contribution in [2.24, 2.45) is 0 Å². The lowest BCUT2D eigenvalue weighted by molar-refractivity contribution is 0.101. The molecule has 1 aromatic heterocycles. The number of Topliss-reactive ketones (excluding diaryl/α,β-unsaturated/α-hetero) is 1.